The zero-order valence-electron chi connectivity index (χ0n) is 21.8. The summed E-state index contributed by atoms with van der Waals surface area (Å²) in [6, 6.07) is 13.1. The number of anilines is 2. The van der Waals surface area contributed by atoms with Gasteiger partial charge in [0.25, 0.3) is 11.8 Å². The molecule has 0 unspecified atom stereocenters. The van der Waals surface area contributed by atoms with Gasteiger partial charge in [-0.25, -0.2) is 0 Å². The van der Waals surface area contributed by atoms with Crippen LogP contribution >= 0.6 is 24.0 Å². The maximum atomic E-state index is 13.7. The standard InChI is InChI=1S/C29H33N3O3S2/c1-5-7-10-20(6-2)16-32-28(35)26(37-29(32)36)25-21-11-8-9-12-23(21)31(27(25)34)17-24(33)30-22-14-13-18(3)15-19(22)4/h8-9,11-15,20H,5-7,10,16-17H2,1-4H3,(H,30,33)/b26-25-/t20-/m0/s1. The fourth-order valence-corrected chi connectivity index (χ4v) is 6.17. The van der Waals surface area contributed by atoms with Gasteiger partial charge in [-0.15, -0.1) is 0 Å². The number of aryl methyl sites for hydroxylation is 2. The van der Waals surface area contributed by atoms with E-state index >= 15 is 0 Å². The summed E-state index contributed by atoms with van der Waals surface area (Å²) in [5, 5.41) is 2.92. The minimum atomic E-state index is -0.351. The Morgan fingerprint density at radius 2 is 1.81 bits per heavy atom. The number of hydrogen-bond acceptors (Lipinski definition) is 5. The average molecular weight is 536 g/mol. The Kier molecular flexibility index (Phi) is 8.49. The van der Waals surface area contributed by atoms with Crippen LogP contribution in [-0.4, -0.2) is 40.0 Å². The van der Waals surface area contributed by atoms with Crippen LogP contribution in [0.5, 0.6) is 0 Å². The Balaban J connectivity index is 1.59. The number of nitrogens with one attached hydrogen (secondary N) is 1. The number of nitrogens with zero attached hydrogens (tertiary/aromatic N) is 2. The van der Waals surface area contributed by atoms with Gasteiger partial charge in [0, 0.05) is 17.8 Å². The zero-order chi connectivity index (χ0) is 26.7. The average Bonchev–Trinajstić information content (AvgIpc) is 3.30. The van der Waals surface area contributed by atoms with Crippen LogP contribution in [0.25, 0.3) is 5.57 Å². The van der Waals surface area contributed by atoms with Crippen LogP contribution in [0.3, 0.4) is 0 Å². The lowest BCUT2D eigenvalue weighted by Crippen LogP contribution is -2.36. The van der Waals surface area contributed by atoms with E-state index in [1.54, 1.807) is 4.90 Å². The van der Waals surface area contributed by atoms with Crippen molar-refractivity contribution in [2.24, 2.45) is 5.92 Å². The number of amides is 3. The first-order valence-electron chi connectivity index (χ1n) is 12.8. The highest BCUT2D eigenvalue weighted by Gasteiger charge is 2.42. The summed E-state index contributed by atoms with van der Waals surface area (Å²) in [5.41, 5.74) is 4.39. The highest BCUT2D eigenvalue weighted by Crippen LogP contribution is 2.44. The molecule has 1 saturated heterocycles. The molecule has 2 aromatic rings. The van der Waals surface area contributed by atoms with Crippen LogP contribution in [-0.2, 0) is 14.4 Å². The lowest BCUT2D eigenvalue weighted by Gasteiger charge is -2.21. The van der Waals surface area contributed by atoms with Gasteiger partial charge in [-0.1, -0.05) is 93.0 Å². The molecular formula is C29H33N3O3S2. The highest BCUT2D eigenvalue weighted by atomic mass is 32.2. The monoisotopic (exact) mass is 535 g/mol. The van der Waals surface area contributed by atoms with Crippen molar-refractivity contribution in [2.45, 2.75) is 53.4 Å². The largest absolute Gasteiger partial charge is 0.324 e. The first-order chi connectivity index (χ1) is 17.7. The Morgan fingerprint density at radius 1 is 1.05 bits per heavy atom. The molecule has 37 heavy (non-hydrogen) atoms. The van der Waals surface area contributed by atoms with Gasteiger partial charge < -0.3 is 5.32 Å². The summed E-state index contributed by atoms with van der Waals surface area (Å²) in [6.07, 6.45) is 4.23. The first-order valence-corrected chi connectivity index (χ1v) is 14.0. The SMILES string of the molecule is CCCC[C@H](CC)CN1C(=O)/C(=C2/C(=O)N(CC(=O)Nc3ccc(C)cc3C)c3ccccc32)SC1=S. The van der Waals surface area contributed by atoms with Gasteiger partial charge in [0.1, 0.15) is 10.9 Å². The number of carbonyl (C=O) groups excluding carboxylic acids is 3. The Hall–Kier alpha value is -2.97. The lowest BCUT2D eigenvalue weighted by atomic mass is 9.98. The fourth-order valence-electron chi connectivity index (χ4n) is 4.83. The van der Waals surface area contributed by atoms with Crippen LogP contribution in [0.15, 0.2) is 47.4 Å². The molecule has 2 aliphatic heterocycles. The van der Waals surface area contributed by atoms with E-state index in [4.69, 9.17) is 12.2 Å². The second-order valence-electron chi connectivity index (χ2n) is 9.68. The molecular weight excluding hydrogens is 502 g/mol. The summed E-state index contributed by atoms with van der Waals surface area (Å²) in [5.74, 6) is -0.505. The summed E-state index contributed by atoms with van der Waals surface area (Å²) >= 11 is 6.77. The molecule has 1 fully saturated rings. The van der Waals surface area contributed by atoms with E-state index in [2.05, 4.69) is 19.2 Å². The molecule has 3 amide bonds. The van der Waals surface area contributed by atoms with Crippen molar-refractivity contribution in [3.05, 3.63) is 64.1 Å². The number of carbonyl (C=O) groups is 3. The third kappa shape index (κ3) is 5.65. The highest BCUT2D eigenvalue weighted by molar-refractivity contribution is 8.26. The third-order valence-electron chi connectivity index (χ3n) is 6.94. The van der Waals surface area contributed by atoms with Crippen molar-refractivity contribution in [2.75, 3.05) is 23.3 Å². The van der Waals surface area contributed by atoms with E-state index in [9.17, 15) is 14.4 Å². The summed E-state index contributed by atoms with van der Waals surface area (Å²) < 4.78 is 0.485. The van der Waals surface area contributed by atoms with Gasteiger partial charge in [-0.2, -0.15) is 0 Å². The van der Waals surface area contributed by atoms with Crippen LogP contribution in [0, 0.1) is 19.8 Å². The topological polar surface area (TPSA) is 69.7 Å². The molecule has 0 bridgehead atoms. The quantitative estimate of drug-likeness (QED) is 0.311. The molecule has 1 atom stereocenters. The van der Waals surface area contributed by atoms with Gasteiger partial charge in [-0.05, 0) is 43.9 Å². The predicted molar refractivity (Wildman–Crippen MR) is 155 cm³/mol. The van der Waals surface area contributed by atoms with Crippen molar-refractivity contribution >= 4 is 63.0 Å². The number of para-hydroxylation sites is 1. The molecule has 2 aromatic carbocycles. The lowest BCUT2D eigenvalue weighted by molar-refractivity contribution is -0.123. The van der Waals surface area contributed by atoms with Gasteiger partial charge in [0.2, 0.25) is 5.91 Å². The molecule has 0 aliphatic carbocycles. The minimum absolute atomic E-state index is 0.151. The molecule has 0 aromatic heterocycles. The van der Waals surface area contributed by atoms with Crippen molar-refractivity contribution in [1.29, 1.82) is 0 Å². The Labute approximate surface area is 228 Å². The van der Waals surface area contributed by atoms with Crippen molar-refractivity contribution in [3.63, 3.8) is 0 Å². The number of thioether (sulfide) groups is 1. The normalized spacial score (nSPS) is 18.0. The van der Waals surface area contributed by atoms with Crippen LogP contribution in [0.4, 0.5) is 11.4 Å². The second-order valence-corrected chi connectivity index (χ2v) is 11.3. The van der Waals surface area contributed by atoms with E-state index in [0.29, 0.717) is 44.2 Å². The first kappa shape index (κ1) is 27.1. The Bertz CT molecular complexity index is 1290. The molecule has 0 spiro atoms. The smallest absolute Gasteiger partial charge is 0.267 e. The maximum Gasteiger partial charge on any atom is 0.267 e. The maximum absolute atomic E-state index is 13.7. The van der Waals surface area contributed by atoms with Crippen molar-refractivity contribution < 1.29 is 14.4 Å². The van der Waals surface area contributed by atoms with Gasteiger partial charge >= 0.3 is 0 Å². The minimum Gasteiger partial charge on any atom is -0.324 e. The number of benzene rings is 2. The Morgan fingerprint density at radius 3 is 2.51 bits per heavy atom. The van der Waals surface area contributed by atoms with Gasteiger partial charge in [0.05, 0.1) is 16.2 Å². The van der Waals surface area contributed by atoms with E-state index in [-0.39, 0.29) is 24.3 Å². The number of fused-ring (bicyclic) bond motifs is 1. The molecule has 0 saturated carbocycles. The van der Waals surface area contributed by atoms with Crippen LogP contribution < -0.4 is 10.2 Å². The molecule has 8 heteroatoms. The molecule has 1 N–H and O–H groups in total. The van der Waals surface area contributed by atoms with E-state index in [0.717, 1.165) is 36.8 Å². The van der Waals surface area contributed by atoms with E-state index in [1.807, 2.05) is 56.3 Å². The summed E-state index contributed by atoms with van der Waals surface area (Å²) in [7, 11) is 0. The van der Waals surface area contributed by atoms with E-state index in [1.165, 1.54) is 16.7 Å². The molecule has 194 valence electrons. The van der Waals surface area contributed by atoms with Gasteiger partial charge in [-0.3, -0.25) is 24.2 Å². The second kappa shape index (κ2) is 11.6. The number of rotatable bonds is 9. The fraction of sp³-hybridized carbons (Fsp3) is 0.379. The summed E-state index contributed by atoms with van der Waals surface area (Å²) in [4.78, 5) is 43.6. The third-order valence-corrected chi connectivity index (χ3v) is 8.39. The number of thiocarbonyl (C=S) groups is 1. The number of hydrogen-bond donors (Lipinski definition) is 1. The predicted octanol–water partition coefficient (Wildman–Crippen LogP) is 6.08. The van der Waals surface area contributed by atoms with Crippen LogP contribution in [0.2, 0.25) is 0 Å². The van der Waals surface area contributed by atoms with Crippen molar-refractivity contribution in [3.8, 4) is 0 Å². The summed E-state index contributed by atoms with van der Waals surface area (Å²) in [6.45, 7) is 8.64. The van der Waals surface area contributed by atoms with Gasteiger partial charge in [0.15, 0.2) is 0 Å². The van der Waals surface area contributed by atoms with Crippen molar-refractivity contribution in [1.82, 2.24) is 4.90 Å². The van der Waals surface area contributed by atoms with E-state index < -0.39 is 0 Å². The molecule has 2 aliphatic rings. The molecule has 6 nitrogen and oxygen atoms in total. The molecule has 2 heterocycles. The molecule has 0 radical (unpaired) electrons. The molecule has 4 rings (SSSR count). The number of unbranched alkanes of at least 4 members (excludes halogenated alkanes) is 1. The van der Waals surface area contributed by atoms with Crippen LogP contribution in [0.1, 0.15) is 56.2 Å². The zero-order valence-corrected chi connectivity index (χ0v) is 23.4.